The van der Waals surface area contributed by atoms with Crippen molar-refractivity contribution in [1.82, 2.24) is 15.0 Å². The van der Waals surface area contributed by atoms with Crippen LogP contribution >= 0.6 is 0 Å². The molecule has 16 heteroatoms. The Balaban J connectivity index is 0.000000456. The van der Waals surface area contributed by atoms with Gasteiger partial charge >= 0.3 is 17.3 Å². The molecule has 0 amide bonds. The summed E-state index contributed by atoms with van der Waals surface area (Å²) in [6, 6.07) is 5.38. The highest BCUT2D eigenvalue weighted by Crippen LogP contribution is 2.20. The fourth-order valence-corrected chi connectivity index (χ4v) is 2.14. The van der Waals surface area contributed by atoms with E-state index in [4.69, 9.17) is 21.7 Å². The first-order chi connectivity index (χ1) is 13.9. The lowest BCUT2D eigenvalue weighted by atomic mass is 10.2. The van der Waals surface area contributed by atoms with Crippen LogP contribution in [0.1, 0.15) is 10.4 Å². The summed E-state index contributed by atoms with van der Waals surface area (Å²) in [5, 5.41) is 17.5. The van der Waals surface area contributed by atoms with E-state index in [0.717, 1.165) is 12.1 Å². The van der Waals surface area contributed by atoms with Crippen LogP contribution in [0, 0.1) is 0 Å². The van der Waals surface area contributed by atoms with Gasteiger partial charge in [0.15, 0.2) is 5.82 Å². The lowest BCUT2D eigenvalue weighted by molar-refractivity contribution is -0.402. The molecule has 3 rings (SSSR count). The first kappa shape index (κ1) is 26.7. The standard InChI is InChI=1S/C7H6O6S.2C4H5N3O.H2O/c8-6-2-1-4(14(11,12)13)3-5(6)7(9)10;2*5-3-1-2-6-4(8)7-3;/h1-3,8H,(H,9,10)(H,11,12,13);2*1-2H,(H3,5,6,7,8);1H2. The van der Waals surface area contributed by atoms with Crippen LogP contribution in [-0.2, 0) is 10.1 Å². The molecule has 0 aliphatic carbocycles. The van der Waals surface area contributed by atoms with Gasteiger partial charge in [-0.1, -0.05) is 0 Å². The minimum absolute atomic E-state index is 0. The summed E-state index contributed by atoms with van der Waals surface area (Å²) < 4.78 is 31.5. The maximum absolute atomic E-state index is 10.5. The van der Waals surface area contributed by atoms with Crippen LogP contribution in [0.2, 0.25) is 0 Å². The second kappa shape index (κ2) is 11.7. The van der Waals surface area contributed by atoms with E-state index in [1.54, 1.807) is 6.07 Å². The van der Waals surface area contributed by atoms with Crippen LogP contribution in [0.5, 0.6) is 5.75 Å². The van der Waals surface area contributed by atoms with E-state index in [1.807, 2.05) is 0 Å². The number of anilines is 2. The van der Waals surface area contributed by atoms with E-state index in [2.05, 4.69) is 19.9 Å². The smallest absolute Gasteiger partial charge is 0.495 e. The molecule has 15 nitrogen and oxygen atoms in total. The average Bonchev–Trinajstić information content (AvgIpc) is 2.61. The summed E-state index contributed by atoms with van der Waals surface area (Å²) in [6.07, 6.45) is 2.84. The third-order valence-electron chi connectivity index (χ3n) is 2.92. The predicted molar refractivity (Wildman–Crippen MR) is 104 cm³/mol. The zero-order chi connectivity index (χ0) is 22.9. The molecule has 0 fully saturated rings. The molecule has 0 saturated heterocycles. The highest BCUT2D eigenvalue weighted by molar-refractivity contribution is 7.85. The van der Waals surface area contributed by atoms with Gasteiger partial charge in [0.2, 0.25) is 0 Å². The second-order valence-corrected chi connectivity index (χ2v) is 6.54. The highest BCUT2D eigenvalue weighted by Gasteiger charge is 2.12. The number of carboxylic acids is 1. The number of aromatic carboxylic acids is 1. The van der Waals surface area contributed by atoms with Gasteiger partial charge in [-0.2, -0.15) is 9.78 Å². The Bertz CT molecular complexity index is 1190. The third-order valence-corrected chi connectivity index (χ3v) is 3.75. The molecular formula is C15H18N6O9S. The molecule has 2 heterocycles. The van der Waals surface area contributed by atoms with Crippen molar-refractivity contribution in [2.75, 3.05) is 11.5 Å². The van der Waals surface area contributed by atoms with Gasteiger partial charge in [-0.3, -0.25) is 4.98 Å². The van der Waals surface area contributed by atoms with Crippen molar-refractivity contribution in [3.8, 4) is 5.75 Å². The normalized spacial score (nSPS) is 9.71. The number of aromatic hydroxyl groups is 1. The van der Waals surface area contributed by atoms with E-state index < -0.39 is 38.0 Å². The van der Waals surface area contributed by atoms with Crippen LogP contribution in [0.4, 0.5) is 11.6 Å². The number of H-pyrrole nitrogens is 3. The Labute approximate surface area is 173 Å². The Hall–Kier alpha value is -4.28. The molecule has 0 aliphatic heterocycles. The molecule has 0 atom stereocenters. The van der Waals surface area contributed by atoms with Crippen LogP contribution < -0.4 is 27.8 Å². The number of hydrogen-bond acceptors (Lipinski definition) is 10. The van der Waals surface area contributed by atoms with Crippen LogP contribution in [0.15, 0.2) is 57.2 Å². The highest BCUT2D eigenvalue weighted by atomic mass is 32.2. The number of phenols is 1. The number of hydrogen-bond donors (Lipinski definition) is 6. The summed E-state index contributed by atoms with van der Waals surface area (Å²) in [6.45, 7) is 0. The maximum atomic E-state index is 10.5. The first-order valence-corrected chi connectivity index (χ1v) is 9.00. The Morgan fingerprint density at radius 2 is 1.71 bits per heavy atom. The minimum Gasteiger partial charge on any atom is -0.744 e. The molecule has 11 N–H and O–H groups in total. The van der Waals surface area contributed by atoms with Crippen LogP contribution in [0.3, 0.4) is 0 Å². The van der Waals surface area contributed by atoms with Gasteiger partial charge in [0, 0.05) is 12.3 Å². The van der Waals surface area contributed by atoms with Gasteiger partial charge in [-0.15, -0.1) is 0 Å². The van der Waals surface area contributed by atoms with Crippen molar-refractivity contribution in [3.63, 3.8) is 0 Å². The lowest BCUT2D eigenvalue weighted by Crippen LogP contribution is -2.28. The van der Waals surface area contributed by atoms with Crippen molar-refractivity contribution in [3.05, 3.63) is 69.3 Å². The SMILES string of the molecule is Nc1cc[nH+]c(=O)[nH]1.Nc1ccnc(=O)[nH]1.O.O=C(O)c1cc(S(=O)(=O)[O-])ccc1O. The van der Waals surface area contributed by atoms with Crippen molar-refractivity contribution in [1.29, 1.82) is 0 Å². The van der Waals surface area contributed by atoms with Gasteiger partial charge < -0.3 is 31.7 Å². The van der Waals surface area contributed by atoms with E-state index >= 15 is 0 Å². The Morgan fingerprint density at radius 3 is 2.10 bits per heavy atom. The van der Waals surface area contributed by atoms with E-state index in [-0.39, 0.29) is 11.2 Å². The number of aromatic nitrogens is 4. The van der Waals surface area contributed by atoms with Crippen LogP contribution in [-0.4, -0.2) is 49.6 Å². The van der Waals surface area contributed by atoms with Crippen molar-refractivity contribution >= 4 is 27.7 Å². The predicted octanol–water partition coefficient (Wildman–Crippen LogP) is -2.71. The molecule has 1 aromatic carbocycles. The molecular weight excluding hydrogens is 440 g/mol. The van der Waals surface area contributed by atoms with E-state index in [0.29, 0.717) is 17.7 Å². The Kier molecular flexibility index (Phi) is 10.0. The largest absolute Gasteiger partial charge is 0.744 e. The molecule has 0 saturated carbocycles. The van der Waals surface area contributed by atoms with Gasteiger partial charge in [0.25, 0.3) is 0 Å². The summed E-state index contributed by atoms with van der Waals surface area (Å²) in [5.74, 6) is -1.39. The fourth-order valence-electron chi connectivity index (χ4n) is 1.64. The fraction of sp³-hybridized carbons (Fsp3) is 0. The average molecular weight is 458 g/mol. The summed E-state index contributed by atoms with van der Waals surface area (Å²) in [7, 11) is -4.70. The maximum Gasteiger partial charge on any atom is 0.495 e. The molecule has 0 spiro atoms. The van der Waals surface area contributed by atoms with Gasteiger partial charge in [0.1, 0.15) is 27.2 Å². The summed E-state index contributed by atoms with van der Waals surface area (Å²) >= 11 is 0. The molecule has 0 bridgehead atoms. The summed E-state index contributed by atoms with van der Waals surface area (Å²) in [4.78, 5) is 40.6. The van der Waals surface area contributed by atoms with E-state index in [1.165, 1.54) is 18.5 Å². The number of rotatable bonds is 2. The van der Waals surface area contributed by atoms with Crippen molar-refractivity contribution in [2.24, 2.45) is 0 Å². The molecule has 31 heavy (non-hydrogen) atoms. The van der Waals surface area contributed by atoms with Crippen LogP contribution in [0.25, 0.3) is 0 Å². The number of nitrogens with zero attached hydrogens (tertiary/aromatic N) is 1. The lowest BCUT2D eigenvalue weighted by Gasteiger charge is -2.08. The number of benzene rings is 1. The number of carbonyl (C=O) groups is 1. The topological polar surface area (TPSA) is 291 Å². The zero-order valence-electron chi connectivity index (χ0n) is 15.4. The van der Waals surface area contributed by atoms with Crippen molar-refractivity contribution in [2.45, 2.75) is 4.90 Å². The number of nitrogens with one attached hydrogen (secondary N) is 3. The molecule has 0 aliphatic rings. The zero-order valence-corrected chi connectivity index (χ0v) is 16.2. The molecule has 0 radical (unpaired) electrons. The number of nitrogens with two attached hydrogens (primary N) is 2. The van der Waals surface area contributed by atoms with Gasteiger partial charge in [-0.05, 0) is 24.3 Å². The number of aromatic amines is 3. The third kappa shape index (κ3) is 9.65. The monoisotopic (exact) mass is 458 g/mol. The first-order valence-electron chi connectivity index (χ1n) is 7.59. The van der Waals surface area contributed by atoms with Gasteiger partial charge in [-0.25, -0.2) is 28.0 Å². The molecule has 2 aromatic heterocycles. The van der Waals surface area contributed by atoms with Gasteiger partial charge in [0.05, 0.1) is 11.1 Å². The van der Waals surface area contributed by atoms with E-state index in [9.17, 15) is 27.4 Å². The number of carboxylic acid groups (broad SMARTS) is 1. The second-order valence-electron chi connectivity index (χ2n) is 5.16. The molecule has 0 unspecified atom stereocenters. The minimum atomic E-state index is -4.70. The molecule has 168 valence electrons. The van der Waals surface area contributed by atoms with Crippen molar-refractivity contribution < 1.29 is 38.4 Å². The number of nitrogen functional groups attached to an aromatic ring is 2. The quantitative estimate of drug-likeness (QED) is 0.214. The summed E-state index contributed by atoms with van der Waals surface area (Å²) in [5.41, 5.74) is 9.02. The Morgan fingerprint density at radius 1 is 1.10 bits per heavy atom. The molecule has 3 aromatic rings.